The fourth-order valence-corrected chi connectivity index (χ4v) is 3.18. The molecular weight excluding hydrogens is 149 g/mol. The van der Waals surface area contributed by atoms with Crippen molar-refractivity contribution in [2.45, 2.75) is 20.8 Å². The molecule has 1 unspecified atom stereocenters. The molecule has 0 amide bonds. The highest BCUT2D eigenvalue weighted by Crippen LogP contribution is 2.32. The van der Waals surface area contributed by atoms with Gasteiger partial charge in [0.05, 0.1) is 0 Å². The van der Waals surface area contributed by atoms with Gasteiger partial charge in [0, 0.05) is 30.2 Å². The molecule has 0 aromatic rings. The monoisotopic (exact) mass is 166 g/mol. The molecule has 0 aliphatic carbocycles. The van der Waals surface area contributed by atoms with Crippen LogP contribution in [0.5, 0.6) is 0 Å². The maximum Gasteiger partial charge on any atom is 0.116 e. The summed E-state index contributed by atoms with van der Waals surface area (Å²) in [4.78, 5) is 0. The van der Waals surface area contributed by atoms with Gasteiger partial charge in [0.25, 0.3) is 0 Å². The summed E-state index contributed by atoms with van der Waals surface area (Å²) in [6, 6.07) is 0. The molecule has 0 N–H and O–H groups in total. The summed E-state index contributed by atoms with van der Waals surface area (Å²) >= 11 is 2.07. The average molecular weight is 166 g/mol. The van der Waals surface area contributed by atoms with Crippen LogP contribution in [-0.2, 0) is 0 Å². The van der Waals surface area contributed by atoms with Crippen LogP contribution in [0.2, 0.25) is 0 Å². The second-order valence-corrected chi connectivity index (χ2v) is 5.27. The van der Waals surface area contributed by atoms with E-state index in [0.29, 0.717) is 7.93 Å². The predicted molar refractivity (Wildman–Crippen MR) is 50.8 cm³/mol. The fourth-order valence-electron chi connectivity index (χ4n) is 0.553. The van der Waals surface area contributed by atoms with Crippen LogP contribution < -0.4 is 0 Å². The van der Waals surface area contributed by atoms with E-state index in [-0.39, 0.29) is 0 Å². The Labute approximate surface area is 64.2 Å². The third kappa shape index (κ3) is 5.20. The molecule has 0 saturated heterocycles. The minimum atomic E-state index is 0.524. The van der Waals surface area contributed by atoms with Gasteiger partial charge in [-0.05, 0) is 13.8 Å². The van der Waals surface area contributed by atoms with E-state index in [0.717, 1.165) is 0 Å². The summed E-state index contributed by atoms with van der Waals surface area (Å²) in [5.41, 5.74) is 0. The first-order chi connectivity index (χ1) is 4.35. The Morgan fingerprint density at radius 3 is 2.11 bits per heavy atom. The molecule has 0 bridgehead atoms. The van der Waals surface area contributed by atoms with Crippen molar-refractivity contribution in [2.24, 2.45) is 0 Å². The molecule has 0 radical (unpaired) electrons. The van der Waals surface area contributed by atoms with Crippen LogP contribution in [-0.4, -0.2) is 23.5 Å². The molecule has 1 nitrogen and oxygen atoms in total. The lowest BCUT2D eigenvalue weighted by atomic mass is 10.7. The topological polar surface area (TPSA) is 3.24 Å². The second kappa shape index (κ2) is 6.85. The van der Waals surface area contributed by atoms with E-state index in [2.05, 4.69) is 36.8 Å². The number of nitrogens with zero attached hydrogens (tertiary/aromatic N) is 1. The summed E-state index contributed by atoms with van der Waals surface area (Å²) in [6.07, 6.45) is 0. The summed E-state index contributed by atoms with van der Waals surface area (Å²) in [5, 5.41) is 0. The summed E-state index contributed by atoms with van der Waals surface area (Å²) in [6.45, 7) is 9.12. The van der Waals surface area contributed by atoms with Gasteiger partial charge in [0.2, 0.25) is 0 Å². The highest BCUT2D eigenvalue weighted by atomic mass is 32.7. The molecule has 0 rings (SSSR count). The minimum Gasteiger partial charge on any atom is -0.174 e. The van der Waals surface area contributed by atoms with E-state index < -0.39 is 0 Å². The first-order valence-electron chi connectivity index (χ1n) is 3.54. The molecule has 0 saturated carbocycles. The van der Waals surface area contributed by atoms with Gasteiger partial charge in [0.15, 0.2) is 0 Å². The van der Waals surface area contributed by atoms with E-state index in [1.807, 2.05) is 0 Å². The zero-order chi connectivity index (χ0) is 7.11. The van der Waals surface area contributed by atoms with Crippen molar-refractivity contribution in [2.75, 3.05) is 18.8 Å². The fraction of sp³-hybridized carbons (Fsp3) is 1.00. The van der Waals surface area contributed by atoms with Crippen molar-refractivity contribution in [3.8, 4) is 0 Å². The van der Waals surface area contributed by atoms with Crippen LogP contribution in [0.3, 0.4) is 0 Å². The van der Waals surface area contributed by atoms with Crippen molar-refractivity contribution >= 4 is 19.3 Å². The van der Waals surface area contributed by atoms with Gasteiger partial charge < -0.3 is 0 Å². The molecule has 0 fully saturated rings. The van der Waals surface area contributed by atoms with E-state index >= 15 is 0 Å². The molecule has 0 heterocycles. The lowest BCUT2D eigenvalue weighted by Crippen LogP contribution is -2.10. The predicted octanol–water partition coefficient (Wildman–Crippen LogP) is 2.32. The maximum atomic E-state index is 2.51. The molecule has 0 spiro atoms. The van der Waals surface area contributed by atoms with Gasteiger partial charge in [-0.3, -0.25) is 0 Å². The zero-order valence-corrected chi connectivity index (χ0v) is 8.53. The normalized spacial score (nSPS) is 12.0. The first kappa shape index (κ1) is 9.74. The molecular formula is C6H17NPS+. The van der Waals surface area contributed by atoms with Crippen LogP contribution in [0.4, 0.5) is 0 Å². The number of hydrogen-bond acceptors (Lipinski definition) is 2. The van der Waals surface area contributed by atoms with E-state index in [1.54, 1.807) is 0 Å². The van der Waals surface area contributed by atoms with Crippen LogP contribution in [0, 0.1) is 0 Å². The van der Waals surface area contributed by atoms with E-state index in [1.165, 1.54) is 18.8 Å². The molecule has 56 valence electrons. The Morgan fingerprint density at radius 1 is 1.22 bits per heavy atom. The van der Waals surface area contributed by atoms with E-state index in [9.17, 15) is 0 Å². The van der Waals surface area contributed by atoms with Crippen molar-refractivity contribution in [1.82, 2.24) is 4.67 Å². The summed E-state index contributed by atoms with van der Waals surface area (Å²) in [7, 11) is 0.524. The van der Waals surface area contributed by atoms with Gasteiger partial charge in [-0.25, -0.2) is 0 Å². The van der Waals surface area contributed by atoms with Gasteiger partial charge in [-0.15, -0.1) is 0 Å². The van der Waals surface area contributed by atoms with Gasteiger partial charge in [-0.2, -0.15) is 4.67 Å². The maximum absolute atomic E-state index is 2.51. The van der Waals surface area contributed by atoms with Crippen molar-refractivity contribution in [1.29, 1.82) is 0 Å². The molecule has 3 heteroatoms. The second-order valence-electron chi connectivity index (χ2n) is 1.78. The number of rotatable bonds is 5. The molecule has 9 heavy (non-hydrogen) atoms. The molecule has 0 aliphatic rings. The SMILES string of the molecule is CCS[PH2+]N(CC)CC. The average Bonchev–Trinajstić information content (AvgIpc) is 1.91. The van der Waals surface area contributed by atoms with Gasteiger partial charge in [-0.1, -0.05) is 6.92 Å². The number of hydrogen-bond donors (Lipinski definition) is 0. The molecule has 1 atom stereocenters. The van der Waals surface area contributed by atoms with E-state index in [4.69, 9.17) is 0 Å². The summed E-state index contributed by atoms with van der Waals surface area (Å²) in [5.74, 6) is 1.27. The highest BCUT2D eigenvalue weighted by Gasteiger charge is 2.03. The minimum absolute atomic E-state index is 0.524. The first-order valence-corrected chi connectivity index (χ1v) is 6.52. The quantitative estimate of drug-likeness (QED) is 0.577. The largest absolute Gasteiger partial charge is 0.174 e. The van der Waals surface area contributed by atoms with Crippen molar-refractivity contribution in [3.63, 3.8) is 0 Å². The Hall–Kier alpha value is 0.740. The molecule has 0 aliphatic heterocycles. The standard InChI is InChI=1S/C6H16NPS/c1-4-7(5-2)8-9-6-3/h8H,4-6H2,1-3H3/p+1. The molecule has 0 aromatic carbocycles. The third-order valence-corrected chi connectivity index (χ3v) is 5.06. The Kier molecular flexibility index (Phi) is 7.42. The highest BCUT2D eigenvalue weighted by molar-refractivity contribution is 8.48. The van der Waals surface area contributed by atoms with Gasteiger partial charge in [0.1, 0.15) is 7.93 Å². The van der Waals surface area contributed by atoms with Crippen molar-refractivity contribution in [3.05, 3.63) is 0 Å². The Bertz CT molecular complexity index is 57.0. The van der Waals surface area contributed by atoms with Crippen LogP contribution in [0.15, 0.2) is 0 Å². The lowest BCUT2D eigenvalue weighted by molar-refractivity contribution is 0.522. The Morgan fingerprint density at radius 2 is 1.78 bits per heavy atom. The zero-order valence-electron chi connectivity index (χ0n) is 6.55. The molecule has 0 aromatic heterocycles. The van der Waals surface area contributed by atoms with Crippen molar-refractivity contribution < 1.29 is 0 Å². The lowest BCUT2D eigenvalue weighted by Gasteiger charge is -2.07. The third-order valence-electron chi connectivity index (χ3n) is 1.20. The van der Waals surface area contributed by atoms with Crippen LogP contribution >= 0.6 is 19.3 Å². The van der Waals surface area contributed by atoms with Crippen LogP contribution in [0.25, 0.3) is 0 Å². The smallest absolute Gasteiger partial charge is 0.116 e. The Balaban J connectivity index is 3.09. The summed E-state index contributed by atoms with van der Waals surface area (Å²) < 4.78 is 2.51. The van der Waals surface area contributed by atoms with Crippen LogP contribution in [0.1, 0.15) is 20.8 Å². The van der Waals surface area contributed by atoms with Gasteiger partial charge >= 0.3 is 0 Å².